The number of nitrogens with zero attached hydrogens (tertiary/aromatic N) is 4. The number of ether oxygens (including phenoxy) is 1. The summed E-state index contributed by atoms with van der Waals surface area (Å²) < 4.78 is 22.1. The highest BCUT2D eigenvalue weighted by molar-refractivity contribution is 5.92. The molecule has 4 rings (SSSR count). The molecule has 0 saturated heterocycles. The van der Waals surface area contributed by atoms with Crippen LogP contribution < -0.4 is 10.1 Å². The van der Waals surface area contributed by atoms with Crippen LogP contribution in [0.2, 0.25) is 0 Å². The van der Waals surface area contributed by atoms with Crippen molar-refractivity contribution in [3.05, 3.63) is 58.6 Å². The molecule has 0 fully saturated rings. The minimum atomic E-state index is -0.364. The van der Waals surface area contributed by atoms with Gasteiger partial charge >= 0.3 is 0 Å². The van der Waals surface area contributed by atoms with Crippen LogP contribution in [0, 0.1) is 19.7 Å². The van der Waals surface area contributed by atoms with Gasteiger partial charge in [0.2, 0.25) is 0 Å². The van der Waals surface area contributed by atoms with E-state index in [2.05, 4.69) is 20.4 Å². The summed E-state index contributed by atoms with van der Waals surface area (Å²) in [7, 11) is 1.74. The Kier molecular flexibility index (Phi) is 5.24. The maximum atomic E-state index is 14.5. The molecular weight excluding hydrogens is 385 g/mol. The molecule has 1 amide bonds. The van der Waals surface area contributed by atoms with Crippen molar-refractivity contribution in [2.75, 3.05) is 6.54 Å². The number of rotatable bonds is 5. The molecule has 3 heterocycles. The maximum absolute atomic E-state index is 14.5. The number of benzene rings is 1. The zero-order chi connectivity index (χ0) is 21.4. The van der Waals surface area contributed by atoms with Gasteiger partial charge in [0, 0.05) is 30.8 Å². The van der Waals surface area contributed by atoms with Gasteiger partial charge in [-0.2, -0.15) is 5.10 Å². The van der Waals surface area contributed by atoms with E-state index >= 15 is 0 Å². The average molecular weight is 409 g/mol. The highest BCUT2D eigenvalue weighted by Crippen LogP contribution is 2.40. The molecule has 0 bridgehead atoms. The second-order valence-corrected chi connectivity index (χ2v) is 7.50. The summed E-state index contributed by atoms with van der Waals surface area (Å²) in [6.07, 6.45) is 2.46. The second kappa shape index (κ2) is 7.85. The zero-order valence-electron chi connectivity index (χ0n) is 17.5. The Balaban J connectivity index is 1.53. The standard InChI is InChI=1S/C22H24FN5O2/c1-5-14-8-19(28(4)27-14)22(29)25-11-15-9-17-18(23)7-6-16(21(17)30-15)20-13(3)24-10-12(2)26-20/h6-8,10,15H,5,9,11H2,1-4H3,(H,25,29)/t15-/m1/s1. The largest absolute Gasteiger partial charge is 0.487 e. The molecule has 3 aromatic rings. The van der Waals surface area contributed by atoms with Crippen LogP contribution in [0.15, 0.2) is 24.4 Å². The van der Waals surface area contributed by atoms with Gasteiger partial charge in [-0.15, -0.1) is 0 Å². The molecule has 1 N–H and O–H groups in total. The lowest BCUT2D eigenvalue weighted by molar-refractivity contribution is 0.0924. The van der Waals surface area contributed by atoms with Crippen LogP contribution >= 0.6 is 0 Å². The summed E-state index contributed by atoms with van der Waals surface area (Å²) in [5, 5.41) is 7.17. The normalized spacial score (nSPS) is 15.0. The molecule has 1 aliphatic heterocycles. The van der Waals surface area contributed by atoms with Crippen molar-refractivity contribution in [2.24, 2.45) is 7.05 Å². The van der Waals surface area contributed by atoms with E-state index in [-0.39, 0.29) is 24.4 Å². The minimum absolute atomic E-state index is 0.231. The van der Waals surface area contributed by atoms with Gasteiger partial charge in [-0.1, -0.05) is 6.92 Å². The van der Waals surface area contributed by atoms with Crippen molar-refractivity contribution >= 4 is 5.91 Å². The molecule has 0 unspecified atom stereocenters. The number of fused-ring (bicyclic) bond motifs is 1. The predicted molar refractivity (Wildman–Crippen MR) is 110 cm³/mol. The van der Waals surface area contributed by atoms with Gasteiger partial charge in [0.1, 0.15) is 23.4 Å². The fourth-order valence-corrected chi connectivity index (χ4v) is 3.67. The summed E-state index contributed by atoms with van der Waals surface area (Å²) in [6, 6.07) is 4.88. The Morgan fingerprint density at radius 2 is 2.17 bits per heavy atom. The molecule has 0 saturated carbocycles. The molecule has 7 nitrogen and oxygen atoms in total. The number of carbonyl (C=O) groups is 1. The first-order valence-corrected chi connectivity index (χ1v) is 9.97. The molecule has 30 heavy (non-hydrogen) atoms. The van der Waals surface area contributed by atoms with Gasteiger partial charge in [-0.05, 0) is 38.5 Å². The van der Waals surface area contributed by atoms with E-state index in [0.717, 1.165) is 23.5 Å². The van der Waals surface area contributed by atoms with Crippen LogP contribution in [-0.4, -0.2) is 38.3 Å². The Bertz CT molecular complexity index is 1120. The second-order valence-electron chi connectivity index (χ2n) is 7.50. The first-order chi connectivity index (χ1) is 14.4. The Morgan fingerprint density at radius 1 is 1.37 bits per heavy atom. The van der Waals surface area contributed by atoms with E-state index in [9.17, 15) is 9.18 Å². The SMILES string of the molecule is CCc1cc(C(=O)NC[C@H]2Cc3c(F)ccc(-c4nc(C)cnc4C)c3O2)n(C)n1. The third-order valence-electron chi connectivity index (χ3n) is 5.27. The number of hydrogen-bond donors (Lipinski definition) is 1. The van der Waals surface area contributed by atoms with E-state index in [1.54, 1.807) is 30.1 Å². The number of hydrogen-bond acceptors (Lipinski definition) is 5. The molecule has 0 spiro atoms. The van der Waals surface area contributed by atoms with Gasteiger partial charge in [0.15, 0.2) is 0 Å². The molecule has 1 atom stereocenters. The maximum Gasteiger partial charge on any atom is 0.269 e. The lowest BCUT2D eigenvalue weighted by Crippen LogP contribution is -2.35. The van der Waals surface area contributed by atoms with E-state index in [4.69, 9.17) is 4.74 Å². The first-order valence-electron chi connectivity index (χ1n) is 9.97. The lowest BCUT2D eigenvalue weighted by atomic mass is 10.0. The molecule has 156 valence electrons. The van der Waals surface area contributed by atoms with Gasteiger partial charge < -0.3 is 10.1 Å². The topological polar surface area (TPSA) is 81.9 Å². The van der Waals surface area contributed by atoms with E-state index in [1.807, 2.05) is 20.8 Å². The van der Waals surface area contributed by atoms with Crippen LogP contribution in [-0.2, 0) is 19.9 Å². The third kappa shape index (κ3) is 3.65. The molecule has 2 aromatic heterocycles. The quantitative estimate of drug-likeness (QED) is 0.701. The van der Waals surface area contributed by atoms with Gasteiger partial charge in [-0.3, -0.25) is 14.5 Å². The Labute approximate surface area is 174 Å². The van der Waals surface area contributed by atoms with E-state index in [1.165, 1.54) is 6.07 Å². The fraction of sp³-hybridized carbons (Fsp3) is 0.364. The number of carbonyl (C=O) groups excluding carboxylic acids is 1. The molecule has 0 aliphatic carbocycles. The monoisotopic (exact) mass is 409 g/mol. The van der Waals surface area contributed by atoms with E-state index in [0.29, 0.717) is 34.7 Å². The first kappa shape index (κ1) is 20.0. The van der Waals surface area contributed by atoms with Crippen LogP contribution in [0.4, 0.5) is 4.39 Å². The van der Waals surface area contributed by atoms with Gasteiger partial charge in [0.05, 0.1) is 29.3 Å². The number of amides is 1. The lowest BCUT2D eigenvalue weighted by Gasteiger charge is -2.14. The molecular formula is C22H24FN5O2. The summed E-state index contributed by atoms with van der Waals surface area (Å²) in [5.41, 5.74) is 4.76. The summed E-state index contributed by atoms with van der Waals surface area (Å²) in [6.45, 7) is 5.97. The third-order valence-corrected chi connectivity index (χ3v) is 5.27. The van der Waals surface area contributed by atoms with Crippen molar-refractivity contribution in [1.29, 1.82) is 0 Å². The van der Waals surface area contributed by atoms with E-state index < -0.39 is 0 Å². The van der Waals surface area contributed by atoms with Crippen LogP contribution in [0.5, 0.6) is 5.75 Å². The van der Waals surface area contributed by atoms with Gasteiger partial charge in [-0.25, -0.2) is 9.37 Å². The molecule has 1 aliphatic rings. The van der Waals surface area contributed by atoms with Crippen molar-refractivity contribution in [3.8, 4) is 17.0 Å². The van der Waals surface area contributed by atoms with Crippen molar-refractivity contribution in [2.45, 2.75) is 39.7 Å². The molecule has 8 heteroatoms. The fourth-order valence-electron chi connectivity index (χ4n) is 3.67. The average Bonchev–Trinajstić information content (AvgIpc) is 3.32. The van der Waals surface area contributed by atoms with Crippen molar-refractivity contribution in [1.82, 2.24) is 25.1 Å². The Hall–Kier alpha value is -3.29. The summed E-state index contributed by atoms with van der Waals surface area (Å²) in [5.74, 6) is -0.0727. The highest BCUT2D eigenvalue weighted by atomic mass is 19.1. The van der Waals surface area contributed by atoms with Crippen LogP contribution in [0.3, 0.4) is 0 Å². The Morgan fingerprint density at radius 3 is 2.90 bits per heavy atom. The van der Waals surface area contributed by atoms with Crippen LogP contribution in [0.1, 0.15) is 40.1 Å². The molecule has 1 aromatic carbocycles. The summed E-state index contributed by atoms with van der Waals surface area (Å²) >= 11 is 0. The van der Waals surface area contributed by atoms with Crippen molar-refractivity contribution < 1.29 is 13.9 Å². The molecule has 0 radical (unpaired) electrons. The smallest absolute Gasteiger partial charge is 0.269 e. The van der Waals surface area contributed by atoms with Crippen LogP contribution in [0.25, 0.3) is 11.3 Å². The summed E-state index contributed by atoms with van der Waals surface area (Å²) in [4.78, 5) is 21.5. The highest BCUT2D eigenvalue weighted by Gasteiger charge is 2.30. The number of halogens is 1. The number of nitrogens with one attached hydrogen (secondary N) is 1. The zero-order valence-corrected chi connectivity index (χ0v) is 17.5. The van der Waals surface area contributed by atoms with Crippen molar-refractivity contribution in [3.63, 3.8) is 0 Å². The minimum Gasteiger partial charge on any atom is -0.487 e. The van der Waals surface area contributed by atoms with Gasteiger partial charge in [0.25, 0.3) is 5.91 Å². The predicted octanol–water partition coefficient (Wildman–Crippen LogP) is 2.93. The number of aryl methyl sites for hydroxylation is 4. The number of aromatic nitrogens is 4.